The van der Waals surface area contributed by atoms with Crippen LogP contribution in [-0.2, 0) is 0 Å². The molecule has 0 N–H and O–H groups in total. The number of rotatable bonds is 2. The van der Waals surface area contributed by atoms with Gasteiger partial charge in [-0.2, -0.15) is 0 Å². The molecule has 0 amide bonds. The van der Waals surface area contributed by atoms with Crippen LogP contribution in [0.25, 0.3) is 0 Å². The van der Waals surface area contributed by atoms with Gasteiger partial charge in [0.2, 0.25) is 6.79 Å². The Morgan fingerprint density at radius 3 is 2.72 bits per heavy atom. The molecule has 0 radical (unpaired) electrons. The smallest absolute Gasteiger partial charge is 0.231 e. The van der Waals surface area contributed by atoms with Crippen LogP contribution in [0.15, 0.2) is 33.7 Å². The zero-order chi connectivity index (χ0) is 12.5. The Balaban J connectivity index is 1.86. The minimum atomic E-state index is 0.280. The molecule has 1 aliphatic heterocycles. The summed E-state index contributed by atoms with van der Waals surface area (Å²) >= 11 is 0. The van der Waals surface area contributed by atoms with Gasteiger partial charge in [0.1, 0.15) is 11.5 Å². The molecule has 2 heterocycles. The zero-order valence-corrected chi connectivity index (χ0v) is 10.3. The van der Waals surface area contributed by atoms with Gasteiger partial charge in [-0.25, -0.2) is 0 Å². The molecule has 18 heavy (non-hydrogen) atoms. The zero-order valence-electron chi connectivity index (χ0n) is 10.3. The van der Waals surface area contributed by atoms with Gasteiger partial charge in [0.25, 0.3) is 0 Å². The molecule has 1 aromatic carbocycles. The van der Waals surface area contributed by atoms with E-state index in [0.29, 0.717) is 0 Å². The van der Waals surface area contributed by atoms with Gasteiger partial charge in [-0.1, -0.05) is 0 Å². The molecular weight excluding hydrogens is 230 g/mol. The molecule has 0 bridgehead atoms. The summed E-state index contributed by atoms with van der Waals surface area (Å²) in [5.41, 5.74) is 1.82. The molecule has 0 saturated carbocycles. The van der Waals surface area contributed by atoms with Crippen molar-refractivity contribution < 1.29 is 13.9 Å². The van der Waals surface area contributed by atoms with E-state index in [2.05, 4.69) is 4.99 Å². The van der Waals surface area contributed by atoms with Crippen molar-refractivity contribution in [2.45, 2.75) is 13.8 Å². The summed E-state index contributed by atoms with van der Waals surface area (Å²) in [5.74, 6) is 3.27. The first-order chi connectivity index (χ1) is 8.72. The van der Waals surface area contributed by atoms with Crippen LogP contribution in [0.4, 0.5) is 5.69 Å². The van der Waals surface area contributed by atoms with E-state index in [0.717, 1.165) is 34.3 Å². The van der Waals surface area contributed by atoms with Crippen molar-refractivity contribution in [2.24, 2.45) is 4.99 Å². The summed E-state index contributed by atoms with van der Waals surface area (Å²) in [4.78, 5) is 4.41. The standard InChI is InChI=1S/C14H13NO3/c1-9-5-11(10(2)18-9)7-15-12-3-4-13-14(6-12)17-8-16-13/h3-7H,8H2,1-2H3. The Bertz CT molecular complexity index is 613. The van der Waals surface area contributed by atoms with Gasteiger partial charge in [0, 0.05) is 17.8 Å². The lowest BCUT2D eigenvalue weighted by Crippen LogP contribution is -1.92. The fourth-order valence-corrected chi connectivity index (χ4v) is 1.89. The fourth-order valence-electron chi connectivity index (χ4n) is 1.89. The van der Waals surface area contributed by atoms with E-state index < -0.39 is 0 Å². The highest BCUT2D eigenvalue weighted by Gasteiger charge is 2.12. The molecule has 2 aromatic rings. The first kappa shape index (κ1) is 10.9. The number of aryl methyl sites for hydroxylation is 2. The summed E-state index contributed by atoms with van der Waals surface area (Å²) in [7, 11) is 0. The monoisotopic (exact) mass is 243 g/mol. The SMILES string of the molecule is Cc1cc(C=Nc2ccc3c(c2)OCO3)c(C)o1. The maximum Gasteiger partial charge on any atom is 0.231 e. The second-order valence-electron chi connectivity index (χ2n) is 4.16. The lowest BCUT2D eigenvalue weighted by atomic mass is 10.2. The highest BCUT2D eigenvalue weighted by atomic mass is 16.7. The summed E-state index contributed by atoms with van der Waals surface area (Å²) in [6, 6.07) is 7.59. The van der Waals surface area contributed by atoms with Crippen LogP contribution < -0.4 is 9.47 Å². The second kappa shape index (κ2) is 4.22. The predicted molar refractivity (Wildman–Crippen MR) is 68.0 cm³/mol. The van der Waals surface area contributed by atoms with E-state index in [1.807, 2.05) is 38.1 Å². The quantitative estimate of drug-likeness (QED) is 0.759. The van der Waals surface area contributed by atoms with Gasteiger partial charge in [-0.3, -0.25) is 4.99 Å². The summed E-state index contributed by atoms with van der Waals surface area (Å²) in [5, 5.41) is 0. The lowest BCUT2D eigenvalue weighted by Gasteiger charge is -1.97. The van der Waals surface area contributed by atoms with Crippen LogP contribution in [0, 0.1) is 13.8 Å². The predicted octanol–water partition coefficient (Wildman–Crippen LogP) is 3.38. The Morgan fingerprint density at radius 2 is 1.94 bits per heavy atom. The van der Waals surface area contributed by atoms with Gasteiger partial charge >= 0.3 is 0 Å². The molecule has 0 atom stereocenters. The Hall–Kier alpha value is -2.23. The normalized spacial score (nSPS) is 13.4. The number of furan rings is 1. The van der Waals surface area contributed by atoms with Crippen LogP contribution in [0.1, 0.15) is 17.1 Å². The van der Waals surface area contributed by atoms with Crippen LogP contribution in [-0.4, -0.2) is 13.0 Å². The van der Waals surface area contributed by atoms with Gasteiger partial charge < -0.3 is 13.9 Å². The number of hydrogen-bond donors (Lipinski definition) is 0. The second-order valence-corrected chi connectivity index (χ2v) is 4.16. The van der Waals surface area contributed by atoms with Gasteiger partial charge in [0.05, 0.1) is 5.69 Å². The molecule has 4 heteroatoms. The summed E-state index contributed by atoms with van der Waals surface area (Å²) < 4.78 is 16.0. The first-order valence-electron chi connectivity index (χ1n) is 5.73. The molecule has 0 saturated heterocycles. The maximum absolute atomic E-state index is 5.44. The molecule has 1 aliphatic rings. The van der Waals surface area contributed by atoms with Crippen LogP contribution in [0.3, 0.4) is 0 Å². The highest BCUT2D eigenvalue weighted by molar-refractivity contribution is 5.83. The van der Waals surface area contributed by atoms with Crippen molar-refractivity contribution >= 4 is 11.9 Å². The number of benzene rings is 1. The van der Waals surface area contributed by atoms with Gasteiger partial charge in [-0.15, -0.1) is 0 Å². The Labute approximate surface area is 105 Å². The third-order valence-corrected chi connectivity index (χ3v) is 2.79. The van der Waals surface area contributed by atoms with Crippen molar-refractivity contribution in [3.05, 3.63) is 41.3 Å². The molecule has 1 aromatic heterocycles. The Kier molecular flexibility index (Phi) is 2.55. The van der Waals surface area contributed by atoms with Crippen molar-refractivity contribution in [3.63, 3.8) is 0 Å². The molecular formula is C14H13NO3. The number of fused-ring (bicyclic) bond motifs is 1. The highest BCUT2D eigenvalue weighted by Crippen LogP contribution is 2.35. The van der Waals surface area contributed by atoms with E-state index in [4.69, 9.17) is 13.9 Å². The minimum absolute atomic E-state index is 0.280. The minimum Gasteiger partial charge on any atom is -0.466 e. The molecule has 0 unspecified atom stereocenters. The van der Waals surface area contributed by atoms with E-state index >= 15 is 0 Å². The molecule has 0 fully saturated rings. The first-order valence-corrected chi connectivity index (χ1v) is 5.73. The third-order valence-electron chi connectivity index (χ3n) is 2.79. The van der Waals surface area contributed by atoms with Crippen LogP contribution in [0.2, 0.25) is 0 Å². The van der Waals surface area contributed by atoms with Crippen LogP contribution >= 0.6 is 0 Å². The molecule has 0 spiro atoms. The number of aliphatic imine (C=N–C) groups is 1. The fraction of sp³-hybridized carbons (Fsp3) is 0.214. The number of hydrogen-bond acceptors (Lipinski definition) is 4. The van der Waals surface area contributed by atoms with E-state index in [9.17, 15) is 0 Å². The van der Waals surface area contributed by atoms with Crippen molar-refractivity contribution in [3.8, 4) is 11.5 Å². The van der Waals surface area contributed by atoms with Gasteiger partial charge in [-0.05, 0) is 32.0 Å². The Morgan fingerprint density at radius 1 is 1.11 bits per heavy atom. The van der Waals surface area contributed by atoms with Crippen molar-refractivity contribution in [2.75, 3.05) is 6.79 Å². The van der Waals surface area contributed by atoms with E-state index in [1.165, 1.54) is 0 Å². The summed E-state index contributed by atoms with van der Waals surface area (Å²) in [6.07, 6.45) is 1.80. The van der Waals surface area contributed by atoms with Crippen molar-refractivity contribution in [1.82, 2.24) is 0 Å². The largest absolute Gasteiger partial charge is 0.466 e. The van der Waals surface area contributed by atoms with Gasteiger partial charge in [0.15, 0.2) is 11.5 Å². The third kappa shape index (κ3) is 1.97. The van der Waals surface area contributed by atoms with Crippen molar-refractivity contribution in [1.29, 1.82) is 0 Å². The average molecular weight is 243 g/mol. The van der Waals surface area contributed by atoms with E-state index in [-0.39, 0.29) is 6.79 Å². The molecule has 0 aliphatic carbocycles. The molecule has 3 rings (SSSR count). The number of nitrogens with zero attached hydrogens (tertiary/aromatic N) is 1. The average Bonchev–Trinajstić information content (AvgIpc) is 2.92. The lowest BCUT2D eigenvalue weighted by molar-refractivity contribution is 0.174. The maximum atomic E-state index is 5.44. The number of ether oxygens (including phenoxy) is 2. The van der Waals surface area contributed by atoms with E-state index in [1.54, 1.807) is 6.21 Å². The molecule has 92 valence electrons. The van der Waals surface area contributed by atoms with Crippen LogP contribution in [0.5, 0.6) is 11.5 Å². The molecule has 4 nitrogen and oxygen atoms in total. The topological polar surface area (TPSA) is 44.0 Å². The summed E-state index contributed by atoms with van der Waals surface area (Å²) in [6.45, 7) is 4.13.